The zero-order chi connectivity index (χ0) is 24.4. The maximum atomic E-state index is 12.8. The number of amides is 2. The molecule has 0 bridgehead atoms. The van der Waals surface area contributed by atoms with E-state index in [1.54, 1.807) is 0 Å². The van der Waals surface area contributed by atoms with Gasteiger partial charge in [0.15, 0.2) is 10.5 Å². The lowest BCUT2D eigenvalue weighted by Crippen LogP contribution is -2.71. The van der Waals surface area contributed by atoms with Crippen LogP contribution in [0.5, 0.6) is 0 Å². The molecule has 0 radical (unpaired) electrons. The van der Waals surface area contributed by atoms with Gasteiger partial charge in [0.25, 0.3) is 11.8 Å². The molecular formula is C16H17N9O6S3. The smallest absolute Gasteiger partial charge is 0.352 e. The molecule has 18 heteroatoms. The first-order valence-corrected chi connectivity index (χ1v) is 12.4. The van der Waals surface area contributed by atoms with Crippen molar-refractivity contribution in [2.45, 2.75) is 23.1 Å². The molecule has 4 rings (SSSR count). The second-order valence-corrected chi connectivity index (χ2v) is 9.79. The van der Waals surface area contributed by atoms with E-state index in [9.17, 15) is 24.7 Å². The van der Waals surface area contributed by atoms with Gasteiger partial charge in [0.05, 0.1) is 18.8 Å². The Hall–Kier alpha value is -3.22. The van der Waals surface area contributed by atoms with E-state index < -0.39 is 34.9 Å². The summed E-state index contributed by atoms with van der Waals surface area (Å²) in [5, 5.41) is 53.4. The first kappa shape index (κ1) is 23.9. The number of aliphatic hydroxyl groups is 1. The Morgan fingerprint density at radius 3 is 2.88 bits per heavy atom. The standard InChI is InChI=1S/C16H17N9O6S3/c17-15-18-7(5-33-15)8(21-31)11(27)19-9-12(28)25-10(14(29)30)6(3-32-13(9)25)4-34-16-20-22-23-24(16)1-2-26/h5,9,13,26,31H,1-4H2,(H2,17,18)(H,19,27)(H,29,30)/t9?,13-/m0/s1. The number of aromatic amines is 1. The summed E-state index contributed by atoms with van der Waals surface area (Å²) in [6, 6.07) is -1.01. The van der Waals surface area contributed by atoms with E-state index in [1.165, 1.54) is 33.6 Å². The number of aromatic nitrogens is 5. The first-order valence-electron chi connectivity index (χ1n) is 9.51. The topological polar surface area (TPSA) is 223 Å². The lowest BCUT2D eigenvalue weighted by molar-refractivity contribution is -0.150. The third-order valence-electron chi connectivity index (χ3n) is 4.84. The summed E-state index contributed by atoms with van der Waals surface area (Å²) in [7, 11) is 0. The fourth-order valence-corrected chi connectivity index (χ4v) is 6.29. The van der Waals surface area contributed by atoms with Crippen molar-refractivity contribution in [1.82, 2.24) is 35.4 Å². The number of β-lactam (4-membered cyclic amide) rings is 1. The normalized spacial score (nSPS) is 20.2. The van der Waals surface area contributed by atoms with Crippen LogP contribution in [-0.4, -0.2) is 98.5 Å². The number of carbonyl (C=O) groups excluding carboxylic acids is 2. The van der Waals surface area contributed by atoms with Gasteiger partial charge in [0.2, 0.25) is 5.16 Å². The van der Waals surface area contributed by atoms with Crippen LogP contribution in [0.4, 0.5) is 0 Å². The second kappa shape index (κ2) is 9.95. The Morgan fingerprint density at radius 1 is 1.44 bits per heavy atom. The molecule has 2 amide bonds. The number of thiazole rings is 1. The first-order chi connectivity index (χ1) is 16.3. The van der Waals surface area contributed by atoms with Crippen LogP contribution < -0.4 is 10.1 Å². The van der Waals surface area contributed by atoms with Gasteiger partial charge in [0.1, 0.15) is 17.1 Å². The summed E-state index contributed by atoms with van der Waals surface area (Å²) in [6.07, 6.45) is 0. The summed E-state index contributed by atoms with van der Waals surface area (Å²) < 4.78 is 1.39. The molecule has 0 saturated carbocycles. The highest BCUT2D eigenvalue weighted by atomic mass is 32.2. The van der Waals surface area contributed by atoms with Gasteiger partial charge in [-0.05, 0) is 16.0 Å². The van der Waals surface area contributed by atoms with E-state index in [0.29, 0.717) is 16.5 Å². The SMILES string of the molecule is N=c1[nH]c(C(=NO)C(=O)NC2C(=O)N3C(C(=O)O)=C(CSc4nnnn4CCO)CS[C@@H]23)cs1. The van der Waals surface area contributed by atoms with Crippen molar-refractivity contribution in [3.8, 4) is 0 Å². The Kier molecular flexibility index (Phi) is 7.00. The molecule has 0 aromatic carbocycles. The number of nitrogens with one attached hydrogen (secondary N) is 3. The summed E-state index contributed by atoms with van der Waals surface area (Å²) in [4.78, 5) is 41.1. The number of nitrogens with zero attached hydrogens (tertiary/aromatic N) is 6. The van der Waals surface area contributed by atoms with Gasteiger partial charge in [-0.2, -0.15) is 0 Å². The fourth-order valence-electron chi connectivity index (χ4n) is 3.33. The number of aliphatic carboxylic acids is 1. The molecule has 0 spiro atoms. The Labute approximate surface area is 202 Å². The van der Waals surface area contributed by atoms with Crippen LogP contribution >= 0.6 is 34.9 Å². The fraction of sp³-hybridized carbons (Fsp3) is 0.375. The molecule has 1 saturated heterocycles. The third-order valence-corrected chi connectivity index (χ3v) is 7.91. The molecule has 6 N–H and O–H groups in total. The van der Waals surface area contributed by atoms with E-state index >= 15 is 0 Å². The molecule has 1 unspecified atom stereocenters. The molecule has 2 aromatic heterocycles. The Bertz CT molecular complexity index is 1250. The van der Waals surface area contributed by atoms with Crippen LogP contribution in [0.25, 0.3) is 0 Å². The number of aliphatic hydroxyl groups excluding tert-OH is 1. The van der Waals surface area contributed by atoms with E-state index in [2.05, 4.69) is 31.0 Å². The van der Waals surface area contributed by atoms with Crippen molar-refractivity contribution in [2.24, 2.45) is 5.16 Å². The second-order valence-electron chi connectivity index (χ2n) is 6.87. The largest absolute Gasteiger partial charge is 0.477 e. The number of carbonyl (C=O) groups is 3. The molecule has 15 nitrogen and oxygen atoms in total. The average molecular weight is 528 g/mol. The van der Waals surface area contributed by atoms with Gasteiger partial charge in [-0.1, -0.05) is 16.9 Å². The zero-order valence-corrected chi connectivity index (χ0v) is 19.5. The van der Waals surface area contributed by atoms with Gasteiger partial charge in [0, 0.05) is 16.9 Å². The predicted octanol–water partition coefficient (Wildman–Crippen LogP) is -1.76. The minimum absolute atomic E-state index is 0.0460. The number of carboxylic acid groups (broad SMARTS) is 1. The summed E-state index contributed by atoms with van der Waals surface area (Å²) >= 11 is 3.46. The van der Waals surface area contributed by atoms with E-state index in [0.717, 1.165) is 16.2 Å². The maximum Gasteiger partial charge on any atom is 0.352 e. The monoisotopic (exact) mass is 527 g/mol. The average Bonchev–Trinajstić information content (AvgIpc) is 3.44. The van der Waals surface area contributed by atoms with E-state index in [1.807, 2.05) is 0 Å². The van der Waals surface area contributed by atoms with Gasteiger partial charge in [-0.3, -0.25) is 19.9 Å². The van der Waals surface area contributed by atoms with Gasteiger partial charge in [-0.25, -0.2) is 9.48 Å². The minimum atomic E-state index is -1.28. The molecule has 180 valence electrons. The highest BCUT2D eigenvalue weighted by Gasteiger charge is 2.54. The minimum Gasteiger partial charge on any atom is -0.477 e. The maximum absolute atomic E-state index is 12.8. The molecule has 0 aliphatic carbocycles. The molecule has 34 heavy (non-hydrogen) atoms. The number of rotatable bonds is 9. The van der Waals surface area contributed by atoms with Crippen molar-refractivity contribution >= 4 is 58.4 Å². The number of tetrazole rings is 1. The van der Waals surface area contributed by atoms with Crippen molar-refractivity contribution in [3.63, 3.8) is 0 Å². The number of hydrogen-bond acceptors (Lipinski definition) is 13. The number of H-pyrrole nitrogens is 1. The predicted molar refractivity (Wildman–Crippen MR) is 118 cm³/mol. The molecule has 2 atom stereocenters. The number of oxime groups is 1. The Morgan fingerprint density at radius 2 is 2.24 bits per heavy atom. The lowest BCUT2D eigenvalue weighted by atomic mass is 10.0. The lowest BCUT2D eigenvalue weighted by Gasteiger charge is -2.49. The number of fused-ring (bicyclic) bond motifs is 1. The highest BCUT2D eigenvalue weighted by Crippen LogP contribution is 2.41. The van der Waals surface area contributed by atoms with Gasteiger partial charge >= 0.3 is 5.97 Å². The van der Waals surface area contributed by atoms with Gasteiger partial charge in [-0.15, -0.1) is 28.2 Å². The van der Waals surface area contributed by atoms with Crippen molar-refractivity contribution < 1.29 is 29.8 Å². The molecule has 2 aliphatic rings. The van der Waals surface area contributed by atoms with Crippen LogP contribution in [0.3, 0.4) is 0 Å². The number of hydrogen-bond donors (Lipinski definition) is 6. The molecule has 2 aliphatic heterocycles. The summed E-state index contributed by atoms with van der Waals surface area (Å²) in [5.41, 5.74) is 0.0512. The number of carboxylic acids is 1. The van der Waals surface area contributed by atoms with Crippen molar-refractivity contribution in [1.29, 1.82) is 5.41 Å². The number of thioether (sulfide) groups is 2. The molecular weight excluding hydrogens is 510 g/mol. The highest BCUT2D eigenvalue weighted by molar-refractivity contribution is 8.01. The summed E-state index contributed by atoms with van der Waals surface area (Å²) in [6.45, 7) is 0.0281. The van der Waals surface area contributed by atoms with Crippen LogP contribution in [0.15, 0.2) is 27.0 Å². The summed E-state index contributed by atoms with van der Waals surface area (Å²) in [5.74, 6) is -2.23. The van der Waals surface area contributed by atoms with Crippen LogP contribution in [0, 0.1) is 5.41 Å². The van der Waals surface area contributed by atoms with Crippen molar-refractivity contribution in [2.75, 3.05) is 18.1 Å². The quantitative estimate of drug-likeness (QED) is 0.0704. The third kappa shape index (κ3) is 4.43. The van der Waals surface area contributed by atoms with Gasteiger partial charge < -0.3 is 25.7 Å². The zero-order valence-electron chi connectivity index (χ0n) is 17.0. The van der Waals surface area contributed by atoms with Crippen LogP contribution in [-0.2, 0) is 20.9 Å². The van der Waals surface area contributed by atoms with E-state index in [4.69, 9.17) is 10.5 Å². The molecule has 2 aromatic rings. The molecule has 1 fully saturated rings. The van der Waals surface area contributed by atoms with E-state index in [-0.39, 0.29) is 35.1 Å². The molecule has 4 heterocycles. The van der Waals surface area contributed by atoms with Crippen LogP contribution in [0.2, 0.25) is 0 Å². The Balaban J connectivity index is 1.48. The van der Waals surface area contributed by atoms with Crippen molar-refractivity contribution in [3.05, 3.63) is 27.1 Å². The van der Waals surface area contributed by atoms with Crippen LogP contribution in [0.1, 0.15) is 5.69 Å².